The summed E-state index contributed by atoms with van der Waals surface area (Å²) in [4.78, 5) is 0. The first-order chi connectivity index (χ1) is 10.2. The monoisotopic (exact) mass is 298 g/mol. The molecule has 2 rings (SSSR count). The number of halogens is 1. The minimum absolute atomic E-state index is 0.322. The number of hydrogen-bond donors (Lipinski definition) is 1. The van der Waals surface area contributed by atoms with Crippen LogP contribution < -0.4 is 5.32 Å². The summed E-state index contributed by atoms with van der Waals surface area (Å²) in [6, 6.07) is 18.2. The molecule has 0 fully saturated rings. The van der Waals surface area contributed by atoms with Gasteiger partial charge in [0.25, 0.3) is 0 Å². The van der Waals surface area contributed by atoms with Crippen LogP contribution in [0.4, 0.5) is 0 Å². The molecular formula is C18H19ClN2. The molecule has 1 N–H and O–H groups in total. The van der Waals surface area contributed by atoms with Gasteiger partial charge < -0.3 is 5.32 Å². The van der Waals surface area contributed by atoms with E-state index in [1.54, 1.807) is 0 Å². The van der Waals surface area contributed by atoms with Gasteiger partial charge in [0.1, 0.15) is 0 Å². The molecule has 1 unspecified atom stereocenters. The highest BCUT2D eigenvalue weighted by Crippen LogP contribution is 2.21. The van der Waals surface area contributed by atoms with E-state index >= 15 is 0 Å². The first-order valence-corrected chi connectivity index (χ1v) is 7.58. The third-order valence-corrected chi connectivity index (χ3v) is 3.74. The maximum absolute atomic E-state index is 8.81. The van der Waals surface area contributed by atoms with Gasteiger partial charge in [-0.3, -0.25) is 0 Å². The molecule has 0 aliphatic rings. The van der Waals surface area contributed by atoms with E-state index in [2.05, 4.69) is 30.4 Å². The van der Waals surface area contributed by atoms with Crippen LogP contribution in [0.25, 0.3) is 0 Å². The molecule has 0 radical (unpaired) electrons. The van der Waals surface area contributed by atoms with Gasteiger partial charge in [0, 0.05) is 17.6 Å². The second kappa shape index (κ2) is 7.83. The number of hydrogen-bond acceptors (Lipinski definition) is 2. The molecule has 0 aliphatic carbocycles. The van der Waals surface area contributed by atoms with E-state index in [-0.39, 0.29) is 0 Å². The highest BCUT2D eigenvalue weighted by molar-refractivity contribution is 6.30. The van der Waals surface area contributed by atoms with Crippen molar-refractivity contribution >= 4 is 11.6 Å². The van der Waals surface area contributed by atoms with Gasteiger partial charge in [-0.25, -0.2) is 0 Å². The summed E-state index contributed by atoms with van der Waals surface area (Å²) in [5.74, 6) is 0. The van der Waals surface area contributed by atoms with Crippen LogP contribution in [-0.4, -0.2) is 0 Å². The minimum atomic E-state index is 0.322. The molecule has 0 saturated carbocycles. The lowest BCUT2D eigenvalue weighted by Gasteiger charge is -2.19. The van der Waals surface area contributed by atoms with Crippen molar-refractivity contribution < 1.29 is 0 Å². The fraction of sp³-hybridized carbons (Fsp3) is 0.278. The van der Waals surface area contributed by atoms with Crippen molar-refractivity contribution in [3.05, 3.63) is 70.2 Å². The average Bonchev–Trinajstić information content (AvgIpc) is 2.53. The van der Waals surface area contributed by atoms with Gasteiger partial charge in [0.15, 0.2) is 0 Å². The number of nitrogens with zero attached hydrogens (tertiary/aromatic N) is 1. The van der Waals surface area contributed by atoms with Gasteiger partial charge in [0.2, 0.25) is 0 Å². The van der Waals surface area contributed by atoms with Gasteiger partial charge in [-0.15, -0.1) is 0 Å². The summed E-state index contributed by atoms with van der Waals surface area (Å²) < 4.78 is 0. The molecule has 2 nitrogen and oxygen atoms in total. The molecule has 0 aromatic heterocycles. The molecular weight excluding hydrogens is 280 g/mol. The zero-order valence-corrected chi connectivity index (χ0v) is 12.9. The van der Waals surface area contributed by atoms with E-state index in [9.17, 15) is 0 Å². The summed E-state index contributed by atoms with van der Waals surface area (Å²) in [6.45, 7) is 2.98. The Morgan fingerprint density at radius 3 is 2.33 bits per heavy atom. The molecule has 2 aromatic rings. The number of nitriles is 1. The quantitative estimate of drug-likeness (QED) is 0.828. The highest BCUT2D eigenvalue weighted by atomic mass is 35.5. The maximum atomic E-state index is 8.81. The van der Waals surface area contributed by atoms with Crippen LogP contribution in [0.1, 0.15) is 42.5 Å². The Morgan fingerprint density at radius 2 is 1.76 bits per heavy atom. The van der Waals surface area contributed by atoms with Crippen LogP contribution in [0.3, 0.4) is 0 Å². The molecule has 1 atom stereocenters. The third-order valence-electron chi connectivity index (χ3n) is 3.49. The van der Waals surface area contributed by atoms with Crippen LogP contribution in [0.2, 0.25) is 5.02 Å². The maximum Gasteiger partial charge on any atom is 0.0991 e. The lowest BCUT2D eigenvalue weighted by Crippen LogP contribution is -2.20. The van der Waals surface area contributed by atoms with Crippen molar-refractivity contribution in [3.63, 3.8) is 0 Å². The van der Waals surface area contributed by atoms with Crippen molar-refractivity contribution in [1.29, 1.82) is 5.26 Å². The molecule has 0 spiro atoms. The van der Waals surface area contributed by atoms with Crippen molar-refractivity contribution in [3.8, 4) is 6.07 Å². The van der Waals surface area contributed by atoms with E-state index in [1.165, 1.54) is 11.1 Å². The average molecular weight is 299 g/mol. The zero-order chi connectivity index (χ0) is 15.1. The molecule has 2 aromatic carbocycles. The Morgan fingerprint density at radius 1 is 1.10 bits per heavy atom. The van der Waals surface area contributed by atoms with Crippen LogP contribution in [0.5, 0.6) is 0 Å². The van der Waals surface area contributed by atoms with Crippen LogP contribution in [-0.2, 0) is 6.54 Å². The summed E-state index contributed by atoms with van der Waals surface area (Å²) >= 11 is 5.95. The van der Waals surface area contributed by atoms with E-state index in [4.69, 9.17) is 16.9 Å². The molecule has 0 heterocycles. The smallest absolute Gasteiger partial charge is 0.0991 e. The fourth-order valence-electron chi connectivity index (χ4n) is 2.31. The van der Waals surface area contributed by atoms with Gasteiger partial charge in [-0.05, 0) is 41.8 Å². The summed E-state index contributed by atoms with van der Waals surface area (Å²) in [5.41, 5.74) is 3.14. The van der Waals surface area contributed by atoms with E-state index in [1.807, 2.05) is 36.4 Å². The standard InChI is InChI=1S/C18H19ClN2/c1-2-3-18(16-8-10-17(19)11-9-16)21-13-15-6-4-14(12-20)5-7-15/h4-11,18,21H,2-3,13H2,1H3. The second-order valence-corrected chi connectivity index (χ2v) is 5.52. The predicted octanol–water partition coefficient (Wildman–Crippen LogP) is 4.84. The van der Waals surface area contributed by atoms with Gasteiger partial charge in [-0.1, -0.05) is 49.2 Å². The molecule has 21 heavy (non-hydrogen) atoms. The fourth-order valence-corrected chi connectivity index (χ4v) is 2.43. The van der Waals surface area contributed by atoms with Crippen molar-refractivity contribution in [2.75, 3.05) is 0 Å². The Labute approximate surface area is 131 Å². The SMILES string of the molecule is CCCC(NCc1ccc(C#N)cc1)c1ccc(Cl)cc1. The molecule has 3 heteroatoms. The van der Waals surface area contributed by atoms with Crippen molar-refractivity contribution in [1.82, 2.24) is 5.32 Å². The van der Waals surface area contributed by atoms with Crippen LogP contribution >= 0.6 is 11.6 Å². The first kappa shape index (κ1) is 15.6. The highest BCUT2D eigenvalue weighted by Gasteiger charge is 2.09. The lowest BCUT2D eigenvalue weighted by atomic mass is 10.0. The third kappa shape index (κ3) is 4.60. The zero-order valence-electron chi connectivity index (χ0n) is 12.1. The van der Waals surface area contributed by atoms with E-state index in [0.717, 1.165) is 24.4 Å². The lowest BCUT2D eigenvalue weighted by molar-refractivity contribution is 0.493. The second-order valence-electron chi connectivity index (χ2n) is 5.08. The number of benzene rings is 2. The summed E-state index contributed by atoms with van der Waals surface area (Å²) in [7, 11) is 0. The van der Waals surface area contributed by atoms with E-state index < -0.39 is 0 Å². The van der Waals surface area contributed by atoms with Crippen molar-refractivity contribution in [2.24, 2.45) is 0 Å². The Kier molecular flexibility index (Phi) is 5.80. The minimum Gasteiger partial charge on any atom is -0.306 e. The molecule has 0 saturated heterocycles. The van der Waals surface area contributed by atoms with Crippen LogP contribution in [0, 0.1) is 11.3 Å². The Hall–Kier alpha value is -1.82. The van der Waals surface area contributed by atoms with Crippen molar-refractivity contribution in [2.45, 2.75) is 32.4 Å². The number of nitrogens with one attached hydrogen (secondary N) is 1. The largest absolute Gasteiger partial charge is 0.306 e. The topological polar surface area (TPSA) is 35.8 Å². The van der Waals surface area contributed by atoms with Gasteiger partial charge in [0.05, 0.1) is 11.6 Å². The van der Waals surface area contributed by atoms with E-state index in [0.29, 0.717) is 11.6 Å². The molecule has 0 aliphatic heterocycles. The summed E-state index contributed by atoms with van der Waals surface area (Å²) in [5, 5.41) is 13.2. The normalized spacial score (nSPS) is 11.9. The summed E-state index contributed by atoms with van der Waals surface area (Å²) in [6.07, 6.45) is 2.20. The Balaban J connectivity index is 2.02. The van der Waals surface area contributed by atoms with Gasteiger partial charge >= 0.3 is 0 Å². The van der Waals surface area contributed by atoms with Gasteiger partial charge in [-0.2, -0.15) is 5.26 Å². The van der Waals surface area contributed by atoms with Crippen LogP contribution in [0.15, 0.2) is 48.5 Å². The first-order valence-electron chi connectivity index (χ1n) is 7.21. The Bertz CT molecular complexity index is 597. The number of rotatable bonds is 6. The molecule has 108 valence electrons. The predicted molar refractivity (Wildman–Crippen MR) is 87.1 cm³/mol. The molecule has 0 amide bonds. The molecule has 0 bridgehead atoms.